The van der Waals surface area contributed by atoms with E-state index in [2.05, 4.69) is 15.2 Å². The molecule has 31 heavy (non-hydrogen) atoms. The van der Waals surface area contributed by atoms with Crippen LogP contribution in [-0.2, 0) is 11.8 Å². The summed E-state index contributed by atoms with van der Waals surface area (Å²) < 4.78 is 73.6. The van der Waals surface area contributed by atoms with Crippen LogP contribution in [0, 0.1) is 0 Å². The number of nitrogens with zero attached hydrogens (tertiary/aromatic N) is 2. The maximum atomic E-state index is 13.0. The lowest BCUT2D eigenvalue weighted by Gasteiger charge is -2.34. The topological polar surface area (TPSA) is 65.4 Å². The Morgan fingerprint density at radius 2 is 1.84 bits per heavy atom. The van der Waals surface area contributed by atoms with Crippen LogP contribution < -0.4 is 10.1 Å². The van der Waals surface area contributed by atoms with Crippen molar-refractivity contribution in [2.24, 2.45) is 7.05 Å². The Kier molecular flexibility index (Phi) is 5.30. The number of carbonyl (C=O) groups excluding carboxylic acids is 1. The summed E-state index contributed by atoms with van der Waals surface area (Å²) in [6, 6.07) is 5.38. The summed E-state index contributed by atoms with van der Waals surface area (Å²) >= 11 is 0. The van der Waals surface area contributed by atoms with Crippen LogP contribution in [0.1, 0.15) is 43.6 Å². The molecule has 2 fully saturated rings. The summed E-state index contributed by atoms with van der Waals surface area (Å²) in [6.07, 6.45) is -4.76. The van der Waals surface area contributed by atoms with Gasteiger partial charge in [-0.05, 0) is 43.0 Å². The van der Waals surface area contributed by atoms with E-state index in [0.29, 0.717) is 11.3 Å². The van der Waals surface area contributed by atoms with Gasteiger partial charge in [-0.3, -0.25) is 10.00 Å². The number of benzene rings is 1. The lowest BCUT2D eigenvalue weighted by Crippen LogP contribution is -2.43. The number of carbonyl (C=O) groups is 1. The van der Waals surface area contributed by atoms with Gasteiger partial charge in [-0.2, -0.15) is 5.10 Å². The number of ether oxygens (including phenoxy) is 2. The number of aryl methyl sites for hydroxylation is 1. The number of rotatable bonds is 5. The normalized spacial score (nSPS) is 18.8. The van der Waals surface area contributed by atoms with Gasteiger partial charge < -0.3 is 9.47 Å². The van der Waals surface area contributed by atoms with Gasteiger partial charge >= 0.3 is 12.5 Å². The molecule has 0 bridgehead atoms. The minimum Gasteiger partial charge on any atom is -0.445 e. The number of halogens is 5. The van der Waals surface area contributed by atoms with E-state index in [1.54, 1.807) is 7.05 Å². The van der Waals surface area contributed by atoms with Crippen molar-refractivity contribution >= 4 is 11.9 Å². The molecule has 11 heteroatoms. The van der Waals surface area contributed by atoms with Crippen LogP contribution in [0.4, 0.5) is 32.6 Å². The van der Waals surface area contributed by atoms with E-state index in [-0.39, 0.29) is 17.5 Å². The van der Waals surface area contributed by atoms with Crippen molar-refractivity contribution in [3.8, 4) is 17.0 Å². The summed E-state index contributed by atoms with van der Waals surface area (Å²) in [6.45, 7) is 0. The highest BCUT2D eigenvalue weighted by Crippen LogP contribution is 2.45. The molecular weight excluding hydrogens is 425 g/mol. The Morgan fingerprint density at radius 1 is 1.19 bits per heavy atom. The second-order valence-corrected chi connectivity index (χ2v) is 7.85. The van der Waals surface area contributed by atoms with E-state index in [1.807, 2.05) is 0 Å². The van der Waals surface area contributed by atoms with Gasteiger partial charge in [-0.15, -0.1) is 13.2 Å². The highest BCUT2D eigenvalue weighted by molar-refractivity contribution is 5.87. The van der Waals surface area contributed by atoms with Crippen LogP contribution in [0.5, 0.6) is 5.75 Å². The number of amides is 1. The van der Waals surface area contributed by atoms with Gasteiger partial charge in [-0.25, -0.2) is 13.6 Å². The van der Waals surface area contributed by atoms with Crippen molar-refractivity contribution in [2.45, 2.75) is 56.4 Å². The molecule has 0 saturated heterocycles. The second kappa shape index (κ2) is 7.69. The number of nitrogens with one attached hydrogen (secondary N) is 1. The zero-order chi connectivity index (χ0) is 22.4. The third-order valence-corrected chi connectivity index (χ3v) is 5.51. The molecule has 1 heterocycles. The van der Waals surface area contributed by atoms with Crippen molar-refractivity contribution in [1.29, 1.82) is 0 Å². The summed E-state index contributed by atoms with van der Waals surface area (Å²) in [4.78, 5) is 12.2. The van der Waals surface area contributed by atoms with Crippen molar-refractivity contribution in [1.82, 2.24) is 9.78 Å². The molecule has 0 aliphatic heterocycles. The van der Waals surface area contributed by atoms with Gasteiger partial charge in [0, 0.05) is 31.0 Å². The standard InChI is InChI=1S/C20H20F5N3O3/c1-28-16(12-5-7-13(8-6-12)31-20(23,24)25)15(11-3-2-4-11)17(27-28)26-18(29)30-14-9-19(21,22)10-14/h5-8,11,14H,2-4,9-10H2,1H3,(H,26,27,29). The first-order valence-electron chi connectivity index (χ1n) is 9.79. The van der Waals surface area contributed by atoms with E-state index in [9.17, 15) is 26.7 Å². The van der Waals surface area contributed by atoms with Crippen molar-refractivity contribution in [3.05, 3.63) is 29.8 Å². The van der Waals surface area contributed by atoms with Gasteiger partial charge in [0.05, 0.1) is 5.69 Å². The zero-order valence-electron chi connectivity index (χ0n) is 16.5. The number of anilines is 1. The molecule has 2 aliphatic carbocycles. The average Bonchev–Trinajstić information content (AvgIpc) is 2.87. The van der Waals surface area contributed by atoms with Gasteiger partial charge in [0.2, 0.25) is 0 Å². The molecule has 1 amide bonds. The van der Waals surface area contributed by atoms with Crippen LogP contribution in [0.25, 0.3) is 11.3 Å². The lowest BCUT2D eigenvalue weighted by atomic mass is 9.79. The maximum absolute atomic E-state index is 13.0. The van der Waals surface area contributed by atoms with Crippen LogP contribution in [0.15, 0.2) is 24.3 Å². The minimum absolute atomic E-state index is 0.109. The Hall–Kier alpha value is -2.85. The van der Waals surface area contributed by atoms with E-state index < -0.39 is 37.3 Å². The molecule has 0 radical (unpaired) electrons. The van der Waals surface area contributed by atoms with Gasteiger partial charge in [0.15, 0.2) is 5.82 Å². The highest BCUT2D eigenvalue weighted by atomic mass is 19.4. The highest BCUT2D eigenvalue weighted by Gasteiger charge is 2.47. The maximum Gasteiger partial charge on any atom is 0.573 e. The molecule has 0 unspecified atom stereocenters. The quantitative estimate of drug-likeness (QED) is 0.609. The molecule has 1 N–H and O–H groups in total. The fraction of sp³-hybridized carbons (Fsp3) is 0.500. The van der Waals surface area contributed by atoms with Crippen molar-refractivity contribution < 1.29 is 36.2 Å². The first-order chi connectivity index (χ1) is 14.5. The smallest absolute Gasteiger partial charge is 0.445 e. The van der Waals surface area contributed by atoms with Gasteiger partial charge in [-0.1, -0.05) is 6.42 Å². The molecule has 2 aliphatic rings. The monoisotopic (exact) mass is 445 g/mol. The summed E-state index contributed by atoms with van der Waals surface area (Å²) in [5.74, 6) is -2.78. The molecular formula is C20H20F5N3O3. The minimum atomic E-state index is -4.78. The third kappa shape index (κ3) is 4.75. The van der Waals surface area contributed by atoms with Crippen LogP contribution in [-0.4, -0.2) is 34.3 Å². The Labute approximate surface area is 174 Å². The molecule has 6 nitrogen and oxygen atoms in total. The summed E-state index contributed by atoms with van der Waals surface area (Å²) in [7, 11) is 1.65. The van der Waals surface area contributed by atoms with E-state index >= 15 is 0 Å². The molecule has 4 rings (SSSR count). The Morgan fingerprint density at radius 3 is 2.35 bits per heavy atom. The Bertz CT molecular complexity index is 960. The zero-order valence-corrected chi connectivity index (χ0v) is 16.5. The van der Waals surface area contributed by atoms with Crippen molar-refractivity contribution in [3.63, 3.8) is 0 Å². The van der Waals surface area contributed by atoms with Gasteiger partial charge in [0.1, 0.15) is 11.9 Å². The van der Waals surface area contributed by atoms with Crippen LogP contribution in [0.2, 0.25) is 0 Å². The SMILES string of the molecule is Cn1nc(NC(=O)OC2CC(F)(F)C2)c(C2CCC2)c1-c1ccc(OC(F)(F)F)cc1. The number of aromatic nitrogens is 2. The number of alkyl halides is 5. The molecule has 2 saturated carbocycles. The molecule has 2 aromatic rings. The number of hydrogen-bond acceptors (Lipinski definition) is 4. The second-order valence-electron chi connectivity index (χ2n) is 7.85. The first kappa shape index (κ1) is 21.4. The summed E-state index contributed by atoms with van der Waals surface area (Å²) in [5.41, 5.74) is 1.99. The van der Waals surface area contributed by atoms with E-state index in [1.165, 1.54) is 28.9 Å². The molecule has 0 spiro atoms. The van der Waals surface area contributed by atoms with Crippen LogP contribution in [0.3, 0.4) is 0 Å². The predicted octanol–water partition coefficient (Wildman–Crippen LogP) is 5.60. The van der Waals surface area contributed by atoms with E-state index in [4.69, 9.17) is 4.74 Å². The third-order valence-electron chi connectivity index (χ3n) is 5.51. The molecule has 0 atom stereocenters. The van der Waals surface area contributed by atoms with Gasteiger partial charge in [0.25, 0.3) is 5.92 Å². The molecule has 168 valence electrons. The van der Waals surface area contributed by atoms with Crippen molar-refractivity contribution in [2.75, 3.05) is 5.32 Å². The molecule has 1 aromatic heterocycles. The molecule has 1 aromatic carbocycles. The summed E-state index contributed by atoms with van der Waals surface area (Å²) in [5, 5.41) is 6.88. The van der Waals surface area contributed by atoms with E-state index in [0.717, 1.165) is 24.8 Å². The number of hydrogen-bond donors (Lipinski definition) is 1. The average molecular weight is 445 g/mol. The largest absolute Gasteiger partial charge is 0.573 e. The predicted molar refractivity (Wildman–Crippen MR) is 100.0 cm³/mol. The fourth-order valence-electron chi connectivity index (χ4n) is 3.84. The lowest BCUT2D eigenvalue weighted by molar-refractivity contribution is -0.274. The first-order valence-corrected chi connectivity index (χ1v) is 9.79. The van der Waals surface area contributed by atoms with Crippen LogP contribution >= 0.6 is 0 Å². The fourth-order valence-corrected chi connectivity index (χ4v) is 3.84. The Balaban J connectivity index is 1.56.